The number of non-ortho nitro benzene ring substituents is 1. The summed E-state index contributed by atoms with van der Waals surface area (Å²) < 4.78 is 0. The molecule has 0 aromatic heterocycles. The van der Waals surface area contributed by atoms with Gasteiger partial charge in [-0.25, -0.2) is 0 Å². The van der Waals surface area contributed by atoms with Crippen molar-refractivity contribution in [3.63, 3.8) is 0 Å². The topological polar surface area (TPSA) is 90.4 Å². The Hall–Kier alpha value is -3.07. The fourth-order valence-corrected chi connectivity index (χ4v) is 2.12. The lowest BCUT2D eigenvalue weighted by Gasteiger charge is -2.24. The van der Waals surface area contributed by atoms with Crippen LogP contribution in [-0.2, 0) is 0 Å². The van der Waals surface area contributed by atoms with Crippen molar-refractivity contribution >= 4 is 17.1 Å². The molecule has 6 nitrogen and oxygen atoms in total. The molecule has 0 amide bonds. The predicted molar refractivity (Wildman–Crippen MR) is 78.6 cm³/mol. The van der Waals surface area contributed by atoms with E-state index in [9.17, 15) is 20.5 Å². The van der Waals surface area contributed by atoms with Crippen LogP contribution in [0.4, 0.5) is 17.1 Å². The van der Waals surface area contributed by atoms with Gasteiger partial charge in [-0.15, -0.1) is 0 Å². The van der Waals surface area contributed by atoms with Crippen molar-refractivity contribution in [3.05, 3.63) is 58.1 Å². The maximum atomic E-state index is 10.8. The van der Waals surface area contributed by atoms with Gasteiger partial charge in [0, 0.05) is 30.4 Å². The number of hydrogen-bond donors (Lipinski definition) is 1. The minimum atomic E-state index is -0.532. The van der Waals surface area contributed by atoms with Crippen LogP contribution >= 0.6 is 0 Å². The van der Waals surface area contributed by atoms with E-state index in [1.807, 2.05) is 17.9 Å². The van der Waals surface area contributed by atoms with Crippen LogP contribution in [-0.4, -0.2) is 16.6 Å². The zero-order valence-electron chi connectivity index (χ0n) is 11.4. The van der Waals surface area contributed by atoms with Gasteiger partial charge in [0.25, 0.3) is 5.69 Å². The first-order chi connectivity index (χ1) is 10.1. The lowest BCUT2D eigenvalue weighted by Crippen LogP contribution is -2.17. The molecule has 1 N–H and O–H groups in total. The molecular formula is C15H13N3O3. The normalized spacial score (nSPS) is 9.90. The first-order valence-corrected chi connectivity index (χ1v) is 6.32. The van der Waals surface area contributed by atoms with E-state index in [-0.39, 0.29) is 17.0 Å². The minimum absolute atomic E-state index is 0.117. The Labute approximate surface area is 121 Å². The molecule has 0 saturated carbocycles. The second-order valence-electron chi connectivity index (χ2n) is 4.33. The van der Waals surface area contributed by atoms with Gasteiger partial charge in [0.1, 0.15) is 11.8 Å². The third-order valence-corrected chi connectivity index (χ3v) is 3.06. The van der Waals surface area contributed by atoms with Gasteiger partial charge in [-0.1, -0.05) is 6.07 Å². The first kappa shape index (κ1) is 14.3. The number of hydrogen-bond acceptors (Lipinski definition) is 5. The minimum Gasteiger partial charge on any atom is -0.508 e. The molecule has 0 spiro atoms. The third-order valence-electron chi connectivity index (χ3n) is 3.06. The highest BCUT2D eigenvalue weighted by Crippen LogP contribution is 2.32. The highest BCUT2D eigenvalue weighted by Gasteiger charge is 2.16. The van der Waals surface area contributed by atoms with Gasteiger partial charge in [-0.05, 0) is 25.1 Å². The highest BCUT2D eigenvalue weighted by molar-refractivity contribution is 5.71. The number of rotatable bonds is 4. The number of nitro groups is 1. The molecule has 2 aromatic carbocycles. The molecule has 21 heavy (non-hydrogen) atoms. The van der Waals surface area contributed by atoms with Crippen molar-refractivity contribution in [1.82, 2.24) is 0 Å². The second-order valence-corrected chi connectivity index (χ2v) is 4.33. The molecular weight excluding hydrogens is 270 g/mol. The summed E-state index contributed by atoms with van der Waals surface area (Å²) in [6, 6.07) is 12.8. The SMILES string of the molecule is CCN(c1cccc(O)c1)c1ccc([N+](=O)[O-])cc1C#N. The number of anilines is 2. The summed E-state index contributed by atoms with van der Waals surface area (Å²) in [5.41, 5.74) is 1.37. The van der Waals surface area contributed by atoms with Crippen LogP contribution in [0.3, 0.4) is 0 Å². The molecule has 0 radical (unpaired) electrons. The number of nitrogens with zero attached hydrogens (tertiary/aromatic N) is 3. The number of phenolic OH excluding ortho intramolecular Hbond substituents is 1. The first-order valence-electron chi connectivity index (χ1n) is 6.32. The molecule has 0 heterocycles. The monoisotopic (exact) mass is 283 g/mol. The Morgan fingerprint density at radius 1 is 1.33 bits per heavy atom. The third kappa shape index (κ3) is 2.92. The van der Waals surface area contributed by atoms with E-state index in [4.69, 9.17) is 0 Å². The van der Waals surface area contributed by atoms with Crippen LogP contribution in [0, 0.1) is 21.4 Å². The van der Waals surface area contributed by atoms with E-state index in [0.29, 0.717) is 17.9 Å². The number of aromatic hydroxyl groups is 1. The Morgan fingerprint density at radius 2 is 2.10 bits per heavy atom. The number of nitriles is 1. The van der Waals surface area contributed by atoms with Gasteiger partial charge < -0.3 is 10.0 Å². The van der Waals surface area contributed by atoms with Crippen molar-refractivity contribution in [3.8, 4) is 11.8 Å². The lowest BCUT2D eigenvalue weighted by molar-refractivity contribution is -0.384. The second kappa shape index (κ2) is 5.92. The highest BCUT2D eigenvalue weighted by atomic mass is 16.6. The standard InChI is InChI=1S/C15H13N3O3/c1-2-17(12-4-3-5-14(19)9-12)15-7-6-13(18(20)21)8-11(15)10-16/h3-9,19H,2H2,1H3. The molecule has 0 aliphatic rings. The molecule has 0 aliphatic heterocycles. The molecule has 2 aromatic rings. The van der Waals surface area contributed by atoms with Crippen LogP contribution in [0.15, 0.2) is 42.5 Å². The molecule has 2 rings (SSSR count). The molecule has 0 bridgehead atoms. The van der Waals surface area contributed by atoms with Crippen molar-refractivity contribution in [2.75, 3.05) is 11.4 Å². The van der Waals surface area contributed by atoms with E-state index in [1.165, 1.54) is 12.1 Å². The van der Waals surface area contributed by atoms with Crippen LogP contribution in [0.25, 0.3) is 0 Å². The van der Waals surface area contributed by atoms with Gasteiger partial charge in [0.15, 0.2) is 0 Å². The largest absolute Gasteiger partial charge is 0.508 e. The maximum absolute atomic E-state index is 10.8. The summed E-state index contributed by atoms with van der Waals surface area (Å²) in [4.78, 5) is 12.1. The summed E-state index contributed by atoms with van der Waals surface area (Å²) in [6.45, 7) is 2.45. The van der Waals surface area contributed by atoms with Crippen LogP contribution in [0.2, 0.25) is 0 Å². The van der Waals surface area contributed by atoms with Crippen molar-refractivity contribution in [2.24, 2.45) is 0 Å². The number of phenols is 1. The quantitative estimate of drug-likeness (QED) is 0.686. The summed E-state index contributed by atoms with van der Waals surface area (Å²) in [5.74, 6) is 0.117. The van der Waals surface area contributed by atoms with E-state index >= 15 is 0 Å². The summed E-state index contributed by atoms with van der Waals surface area (Å²) >= 11 is 0. The van der Waals surface area contributed by atoms with Gasteiger partial charge >= 0.3 is 0 Å². The van der Waals surface area contributed by atoms with Gasteiger partial charge in [-0.3, -0.25) is 10.1 Å². The maximum Gasteiger partial charge on any atom is 0.270 e. The smallest absolute Gasteiger partial charge is 0.270 e. The van der Waals surface area contributed by atoms with Crippen molar-refractivity contribution in [1.29, 1.82) is 5.26 Å². The summed E-state index contributed by atoms with van der Waals surface area (Å²) in [6.07, 6.45) is 0. The Bertz CT molecular complexity index is 722. The van der Waals surface area contributed by atoms with Crippen molar-refractivity contribution < 1.29 is 10.0 Å². The van der Waals surface area contributed by atoms with Gasteiger partial charge in [-0.2, -0.15) is 5.26 Å². The van der Waals surface area contributed by atoms with Gasteiger partial charge in [0.05, 0.1) is 16.2 Å². The molecule has 6 heteroatoms. The summed E-state index contributed by atoms with van der Waals surface area (Å²) in [7, 11) is 0. The number of nitro benzene ring substituents is 1. The average Bonchev–Trinajstić information content (AvgIpc) is 2.48. The van der Waals surface area contributed by atoms with E-state index in [2.05, 4.69) is 0 Å². The molecule has 0 unspecified atom stereocenters. The molecule has 0 fully saturated rings. The van der Waals surface area contributed by atoms with E-state index < -0.39 is 4.92 Å². The average molecular weight is 283 g/mol. The Balaban J connectivity index is 2.53. The fraction of sp³-hybridized carbons (Fsp3) is 0.133. The van der Waals surface area contributed by atoms with E-state index in [0.717, 1.165) is 0 Å². The predicted octanol–water partition coefficient (Wildman–Crippen LogP) is 3.33. The molecule has 106 valence electrons. The van der Waals surface area contributed by atoms with E-state index in [1.54, 1.807) is 30.3 Å². The Morgan fingerprint density at radius 3 is 2.67 bits per heavy atom. The lowest BCUT2D eigenvalue weighted by atomic mass is 10.1. The fourth-order valence-electron chi connectivity index (χ4n) is 2.12. The molecule has 0 atom stereocenters. The molecule has 0 aliphatic carbocycles. The summed E-state index contributed by atoms with van der Waals surface area (Å²) in [5, 5.41) is 29.6. The van der Waals surface area contributed by atoms with Gasteiger partial charge in [0.2, 0.25) is 0 Å². The Kier molecular flexibility index (Phi) is 4.05. The molecule has 0 saturated heterocycles. The zero-order chi connectivity index (χ0) is 15.4. The van der Waals surface area contributed by atoms with Crippen LogP contribution in [0.5, 0.6) is 5.75 Å². The van der Waals surface area contributed by atoms with Crippen LogP contribution in [0.1, 0.15) is 12.5 Å². The van der Waals surface area contributed by atoms with Crippen molar-refractivity contribution in [2.45, 2.75) is 6.92 Å². The number of benzene rings is 2. The zero-order valence-corrected chi connectivity index (χ0v) is 11.4. The van der Waals surface area contributed by atoms with Crippen LogP contribution < -0.4 is 4.90 Å².